The van der Waals surface area contributed by atoms with Crippen molar-refractivity contribution in [2.75, 3.05) is 13.2 Å². The molecule has 0 aliphatic carbocycles. The number of benzene rings is 2. The van der Waals surface area contributed by atoms with E-state index in [-0.39, 0.29) is 12.0 Å². The molecule has 0 saturated carbocycles. The Morgan fingerprint density at radius 1 is 1.18 bits per heavy atom. The first-order valence-electron chi connectivity index (χ1n) is 9.04. The van der Waals surface area contributed by atoms with Crippen molar-refractivity contribution in [2.45, 2.75) is 19.1 Å². The Morgan fingerprint density at radius 3 is 2.68 bits per heavy atom. The highest BCUT2D eigenvalue weighted by atomic mass is 35.5. The predicted molar refractivity (Wildman–Crippen MR) is 109 cm³/mol. The number of fused-ring (bicyclic) bond motifs is 1. The van der Waals surface area contributed by atoms with Gasteiger partial charge in [0, 0.05) is 28.4 Å². The molecule has 1 N–H and O–H groups in total. The molecule has 1 aliphatic rings. The van der Waals surface area contributed by atoms with Gasteiger partial charge in [-0.25, -0.2) is 0 Å². The second-order valence-electron chi connectivity index (χ2n) is 6.70. The highest BCUT2D eigenvalue weighted by Gasteiger charge is 2.25. The van der Waals surface area contributed by atoms with E-state index >= 15 is 0 Å². The zero-order chi connectivity index (χ0) is 19.5. The number of hydrogen-bond donors (Lipinski definition) is 1. The summed E-state index contributed by atoms with van der Waals surface area (Å²) in [6.45, 7) is 1.64. The van der Waals surface area contributed by atoms with Crippen LogP contribution in [0.2, 0.25) is 10.0 Å². The molecule has 0 spiro atoms. The molecule has 1 amide bonds. The van der Waals surface area contributed by atoms with Crippen LogP contribution in [-0.2, 0) is 17.7 Å². The van der Waals surface area contributed by atoms with Gasteiger partial charge in [0.1, 0.15) is 6.10 Å². The molecule has 0 saturated heterocycles. The molecule has 4 rings (SSSR count). The Kier molecular flexibility index (Phi) is 5.67. The number of aromatic nitrogens is 2. The van der Waals surface area contributed by atoms with Crippen LogP contribution >= 0.6 is 23.2 Å². The quantitative estimate of drug-likeness (QED) is 0.676. The number of halogens is 2. The maximum absolute atomic E-state index is 12.4. The molecule has 1 atom stereocenters. The van der Waals surface area contributed by atoms with Gasteiger partial charge in [-0.3, -0.25) is 9.48 Å². The zero-order valence-electron chi connectivity index (χ0n) is 15.1. The minimum absolute atomic E-state index is 0.246. The molecule has 5 nitrogen and oxygen atoms in total. The minimum Gasteiger partial charge on any atom is -0.370 e. The Hall–Kier alpha value is -2.34. The van der Waals surface area contributed by atoms with Crippen LogP contribution in [0.5, 0.6) is 0 Å². The Bertz CT molecular complexity index is 968. The number of carbonyl (C=O) groups is 1. The van der Waals surface area contributed by atoms with Crippen LogP contribution in [-0.4, -0.2) is 28.8 Å². The fraction of sp³-hybridized carbons (Fsp3) is 0.238. The van der Waals surface area contributed by atoms with E-state index in [9.17, 15) is 4.79 Å². The van der Waals surface area contributed by atoms with Gasteiger partial charge in [0.25, 0.3) is 5.91 Å². The Balaban J connectivity index is 1.45. The molecule has 1 aromatic heterocycles. The van der Waals surface area contributed by atoms with E-state index in [1.807, 2.05) is 22.9 Å². The van der Waals surface area contributed by atoms with E-state index in [1.54, 1.807) is 18.2 Å². The standard InChI is InChI=1S/C21H19Cl2N3O2/c22-17-8-16(9-18(23)10-17)21(27)24-11-19-20-15(6-7-28-19)13-26(25-20)12-14-4-2-1-3-5-14/h1-5,8-10,13,19H,6-7,11-12H2,(H,24,27)/t19-/m1/s1. The van der Waals surface area contributed by atoms with Gasteiger partial charge in [0.15, 0.2) is 0 Å². The van der Waals surface area contributed by atoms with Gasteiger partial charge in [0.2, 0.25) is 0 Å². The third kappa shape index (κ3) is 4.38. The summed E-state index contributed by atoms with van der Waals surface area (Å²) in [6.07, 6.45) is 2.61. The van der Waals surface area contributed by atoms with Gasteiger partial charge >= 0.3 is 0 Å². The summed E-state index contributed by atoms with van der Waals surface area (Å²) in [5.41, 5.74) is 3.65. The van der Waals surface area contributed by atoms with Gasteiger partial charge in [-0.05, 0) is 35.7 Å². The number of carbonyl (C=O) groups excluding carboxylic acids is 1. The van der Waals surface area contributed by atoms with Gasteiger partial charge in [0.05, 0.1) is 18.8 Å². The molecule has 2 heterocycles. The van der Waals surface area contributed by atoms with E-state index in [1.165, 1.54) is 5.56 Å². The number of rotatable bonds is 5. The second-order valence-corrected chi connectivity index (χ2v) is 7.57. The average Bonchev–Trinajstić information content (AvgIpc) is 3.09. The highest BCUT2D eigenvalue weighted by Crippen LogP contribution is 2.26. The van der Waals surface area contributed by atoms with Crippen LogP contribution in [0.1, 0.15) is 33.3 Å². The largest absolute Gasteiger partial charge is 0.370 e. The van der Waals surface area contributed by atoms with Crippen molar-refractivity contribution in [1.29, 1.82) is 0 Å². The summed E-state index contributed by atoms with van der Waals surface area (Å²) in [5, 5.41) is 8.45. The number of ether oxygens (including phenoxy) is 1. The summed E-state index contributed by atoms with van der Waals surface area (Å²) in [4.78, 5) is 12.4. The summed E-state index contributed by atoms with van der Waals surface area (Å²) in [6, 6.07) is 14.9. The molecular weight excluding hydrogens is 397 g/mol. The zero-order valence-corrected chi connectivity index (χ0v) is 16.6. The normalized spacial score (nSPS) is 15.9. The van der Waals surface area contributed by atoms with Crippen molar-refractivity contribution in [2.24, 2.45) is 0 Å². The van der Waals surface area contributed by atoms with Gasteiger partial charge in [-0.15, -0.1) is 0 Å². The Labute approximate surface area is 173 Å². The van der Waals surface area contributed by atoms with Crippen LogP contribution < -0.4 is 5.32 Å². The molecule has 0 radical (unpaired) electrons. The first-order valence-corrected chi connectivity index (χ1v) is 9.80. The van der Waals surface area contributed by atoms with Crippen molar-refractivity contribution in [1.82, 2.24) is 15.1 Å². The van der Waals surface area contributed by atoms with Crippen molar-refractivity contribution < 1.29 is 9.53 Å². The molecule has 0 bridgehead atoms. The van der Waals surface area contributed by atoms with Crippen LogP contribution in [0.3, 0.4) is 0 Å². The summed E-state index contributed by atoms with van der Waals surface area (Å²) < 4.78 is 7.79. The number of nitrogens with zero attached hydrogens (tertiary/aromatic N) is 2. The van der Waals surface area contributed by atoms with Crippen molar-refractivity contribution in [3.63, 3.8) is 0 Å². The van der Waals surface area contributed by atoms with E-state index in [2.05, 4.69) is 23.6 Å². The fourth-order valence-corrected chi connectivity index (χ4v) is 3.84. The lowest BCUT2D eigenvalue weighted by Crippen LogP contribution is -2.32. The van der Waals surface area contributed by atoms with Crippen LogP contribution in [0.25, 0.3) is 0 Å². The maximum Gasteiger partial charge on any atom is 0.251 e. The van der Waals surface area contributed by atoms with Gasteiger partial charge < -0.3 is 10.1 Å². The lowest BCUT2D eigenvalue weighted by molar-refractivity contribution is 0.0383. The average molecular weight is 416 g/mol. The van der Waals surface area contributed by atoms with Crippen LogP contribution in [0.4, 0.5) is 0 Å². The number of hydrogen-bond acceptors (Lipinski definition) is 3. The van der Waals surface area contributed by atoms with Crippen molar-refractivity contribution >= 4 is 29.1 Å². The van der Waals surface area contributed by atoms with E-state index in [4.69, 9.17) is 33.0 Å². The molecule has 0 unspecified atom stereocenters. The monoisotopic (exact) mass is 415 g/mol. The third-order valence-electron chi connectivity index (χ3n) is 4.63. The lowest BCUT2D eigenvalue weighted by Gasteiger charge is -2.22. The number of nitrogens with one attached hydrogen (secondary N) is 1. The van der Waals surface area contributed by atoms with Crippen LogP contribution in [0, 0.1) is 0 Å². The first kappa shape index (κ1) is 19.0. The third-order valence-corrected chi connectivity index (χ3v) is 5.06. The van der Waals surface area contributed by atoms with Crippen LogP contribution in [0.15, 0.2) is 54.7 Å². The molecule has 7 heteroatoms. The smallest absolute Gasteiger partial charge is 0.251 e. The van der Waals surface area contributed by atoms with Gasteiger partial charge in [-0.1, -0.05) is 53.5 Å². The van der Waals surface area contributed by atoms with E-state index in [0.29, 0.717) is 35.3 Å². The van der Waals surface area contributed by atoms with Crippen molar-refractivity contribution in [3.05, 3.63) is 87.2 Å². The molecule has 2 aromatic carbocycles. The van der Waals surface area contributed by atoms with Gasteiger partial charge in [-0.2, -0.15) is 5.10 Å². The molecule has 28 heavy (non-hydrogen) atoms. The van der Waals surface area contributed by atoms with E-state index in [0.717, 1.165) is 17.7 Å². The molecule has 1 aliphatic heterocycles. The predicted octanol–water partition coefficient (Wildman–Crippen LogP) is 4.28. The second kappa shape index (κ2) is 8.35. The topological polar surface area (TPSA) is 56.1 Å². The molecule has 0 fully saturated rings. The maximum atomic E-state index is 12.4. The Morgan fingerprint density at radius 2 is 1.93 bits per heavy atom. The number of amides is 1. The summed E-state index contributed by atoms with van der Waals surface area (Å²) >= 11 is 12.0. The molecule has 144 valence electrons. The molecular formula is C21H19Cl2N3O2. The lowest BCUT2D eigenvalue weighted by atomic mass is 10.1. The summed E-state index contributed by atoms with van der Waals surface area (Å²) in [5.74, 6) is -0.246. The van der Waals surface area contributed by atoms with E-state index < -0.39 is 0 Å². The highest BCUT2D eigenvalue weighted by molar-refractivity contribution is 6.35. The fourth-order valence-electron chi connectivity index (χ4n) is 3.31. The first-order chi connectivity index (χ1) is 13.6. The molecule has 3 aromatic rings. The SMILES string of the molecule is O=C(NC[C@H]1OCCc2cn(Cc3ccccc3)nc21)c1cc(Cl)cc(Cl)c1. The summed E-state index contributed by atoms with van der Waals surface area (Å²) in [7, 11) is 0. The van der Waals surface area contributed by atoms with Crippen molar-refractivity contribution in [3.8, 4) is 0 Å². The minimum atomic E-state index is -0.278.